The van der Waals surface area contributed by atoms with Gasteiger partial charge < -0.3 is 9.72 Å². The maximum atomic E-state index is 12.7. The average Bonchev–Trinajstić information content (AvgIpc) is 2.71. The Morgan fingerprint density at radius 3 is 2.93 bits per heavy atom. The predicted octanol–water partition coefficient (Wildman–Crippen LogP) is 2.70. The average molecular weight is 366 g/mol. The molecule has 0 radical (unpaired) electrons. The SMILES string of the molecule is CCOc1ccccc1CN1CCc2nc(C3=NCCCC3)[nH]c(=O)c2C1. The summed E-state index contributed by atoms with van der Waals surface area (Å²) in [7, 11) is 0. The van der Waals surface area contributed by atoms with Gasteiger partial charge in [-0.3, -0.25) is 14.7 Å². The van der Waals surface area contributed by atoms with Crippen LogP contribution in [0.25, 0.3) is 0 Å². The first-order valence-corrected chi connectivity index (χ1v) is 9.83. The summed E-state index contributed by atoms with van der Waals surface area (Å²) in [6.45, 7) is 5.75. The zero-order valence-electron chi connectivity index (χ0n) is 15.8. The van der Waals surface area contributed by atoms with Crippen molar-refractivity contribution in [2.75, 3.05) is 19.7 Å². The zero-order chi connectivity index (χ0) is 18.6. The van der Waals surface area contributed by atoms with E-state index in [9.17, 15) is 4.79 Å². The number of rotatable bonds is 5. The maximum absolute atomic E-state index is 12.7. The van der Waals surface area contributed by atoms with E-state index in [1.165, 1.54) is 0 Å². The first-order chi connectivity index (χ1) is 13.2. The van der Waals surface area contributed by atoms with Crippen LogP contribution in [0, 0.1) is 0 Å². The summed E-state index contributed by atoms with van der Waals surface area (Å²) in [6.07, 6.45) is 3.93. The lowest BCUT2D eigenvalue weighted by molar-refractivity contribution is 0.235. The number of nitrogens with zero attached hydrogens (tertiary/aromatic N) is 3. The van der Waals surface area contributed by atoms with Crippen LogP contribution in [0.15, 0.2) is 34.1 Å². The van der Waals surface area contributed by atoms with Crippen molar-refractivity contribution in [3.8, 4) is 5.75 Å². The summed E-state index contributed by atoms with van der Waals surface area (Å²) in [5, 5.41) is 0. The van der Waals surface area contributed by atoms with Gasteiger partial charge in [0.25, 0.3) is 5.56 Å². The number of H-pyrrole nitrogens is 1. The molecule has 1 N–H and O–H groups in total. The van der Waals surface area contributed by atoms with Gasteiger partial charge in [0.2, 0.25) is 0 Å². The second kappa shape index (κ2) is 8.05. The predicted molar refractivity (Wildman–Crippen MR) is 106 cm³/mol. The third-order valence-electron chi connectivity index (χ3n) is 5.21. The Labute approximate surface area is 159 Å². The normalized spacial score (nSPS) is 17.3. The molecule has 0 saturated carbocycles. The maximum Gasteiger partial charge on any atom is 0.255 e. The Morgan fingerprint density at radius 1 is 1.22 bits per heavy atom. The fraction of sp³-hybridized carbons (Fsp3) is 0.476. The van der Waals surface area contributed by atoms with Crippen LogP contribution < -0.4 is 10.3 Å². The quantitative estimate of drug-likeness (QED) is 0.883. The lowest BCUT2D eigenvalue weighted by Crippen LogP contribution is -2.36. The van der Waals surface area contributed by atoms with E-state index < -0.39 is 0 Å². The number of aliphatic imine (C=N–C) groups is 1. The molecule has 2 aromatic rings. The van der Waals surface area contributed by atoms with Crippen molar-refractivity contribution in [1.82, 2.24) is 14.9 Å². The van der Waals surface area contributed by atoms with Crippen molar-refractivity contribution in [3.63, 3.8) is 0 Å². The molecule has 0 aliphatic carbocycles. The molecule has 2 aliphatic heterocycles. The first-order valence-electron chi connectivity index (χ1n) is 9.83. The summed E-state index contributed by atoms with van der Waals surface area (Å²) in [6, 6.07) is 8.11. The largest absolute Gasteiger partial charge is 0.494 e. The highest BCUT2D eigenvalue weighted by Crippen LogP contribution is 2.23. The van der Waals surface area contributed by atoms with Crippen molar-refractivity contribution in [2.45, 2.75) is 45.7 Å². The lowest BCUT2D eigenvalue weighted by Gasteiger charge is -2.28. The molecule has 3 heterocycles. The number of aromatic nitrogens is 2. The van der Waals surface area contributed by atoms with Gasteiger partial charge in [0.05, 0.1) is 23.6 Å². The molecule has 0 bridgehead atoms. The van der Waals surface area contributed by atoms with Crippen molar-refractivity contribution in [1.29, 1.82) is 0 Å². The van der Waals surface area contributed by atoms with Crippen LogP contribution in [-0.2, 0) is 19.5 Å². The number of aromatic amines is 1. The van der Waals surface area contributed by atoms with Crippen LogP contribution in [0.2, 0.25) is 0 Å². The van der Waals surface area contributed by atoms with Gasteiger partial charge in [-0.1, -0.05) is 18.2 Å². The second-order valence-corrected chi connectivity index (χ2v) is 7.13. The molecule has 0 unspecified atom stereocenters. The van der Waals surface area contributed by atoms with Crippen molar-refractivity contribution >= 4 is 5.71 Å². The van der Waals surface area contributed by atoms with Crippen LogP contribution >= 0.6 is 0 Å². The summed E-state index contributed by atoms with van der Waals surface area (Å²) in [5.41, 5.74) is 3.80. The highest BCUT2D eigenvalue weighted by molar-refractivity contribution is 5.97. The third kappa shape index (κ3) is 3.95. The van der Waals surface area contributed by atoms with Gasteiger partial charge in [-0.05, 0) is 32.3 Å². The van der Waals surface area contributed by atoms with Crippen molar-refractivity contribution in [3.05, 3.63) is 57.3 Å². The molecule has 0 spiro atoms. The van der Waals surface area contributed by atoms with E-state index in [0.717, 1.165) is 73.6 Å². The minimum Gasteiger partial charge on any atom is -0.494 e. The summed E-state index contributed by atoms with van der Waals surface area (Å²) in [5.74, 6) is 1.59. The minimum atomic E-state index is -0.0222. The van der Waals surface area contributed by atoms with E-state index in [1.807, 2.05) is 25.1 Å². The molecule has 0 amide bonds. The fourth-order valence-corrected chi connectivity index (χ4v) is 3.81. The highest BCUT2D eigenvalue weighted by atomic mass is 16.5. The summed E-state index contributed by atoms with van der Waals surface area (Å²) < 4.78 is 5.73. The molecule has 6 nitrogen and oxygen atoms in total. The standard InChI is InChI=1S/C21H26N4O2/c1-2-27-19-9-4-3-7-15(19)13-25-12-10-17-16(14-25)21(26)24-20(23-17)18-8-5-6-11-22-18/h3-4,7,9H,2,5-6,8,10-14H2,1H3,(H,23,24,26). The van der Waals surface area contributed by atoms with Crippen LogP contribution in [0.4, 0.5) is 0 Å². The molecule has 0 atom stereocenters. The number of fused-ring (bicyclic) bond motifs is 1. The van der Waals surface area contributed by atoms with E-state index in [-0.39, 0.29) is 5.56 Å². The number of hydrogen-bond acceptors (Lipinski definition) is 5. The molecule has 27 heavy (non-hydrogen) atoms. The zero-order valence-corrected chi connectivity index (χ0v) is 15.8. The number of hydrogen-bond donors (Lipinski definition) is 1. The van der Waals surface area contributed by atoms with Gasteiger partial charge in [-0.2, -0.15) is 0 Å². The number of ether oxygens (including phenoxy) is 1. The molecular weight excluding hydrogens is 340 g/mol. The van der Waals surface area contributed by atoms with Gasteiger partial charge in [0, 0.05) is 38.2 Å². The van der Waals surface area contributed by atoms with Gasteiger partial charge in [0.1, 0.15) is 5.75 Å². The fourth-order valence-electron chi connectivity index (χ4n) is 3.81. The molecule has 1 aromatic heterocycles. The molecule has 6 heteroatoms. The van der Waals surface area contributed by atoms with E-state index in [0.29, 0.717) is 19.0 Å². The Hall–Kier alpha value is -2.47. The number of nitrogens with one attached hydrogen (secondary N) is 1. The van der Waals surface area contributed by atoms with E-state index in [4.69, 9.17) is 9.72 Å². The van der Waals surface area contributed by atoms with Crippen LogP contribution in [0.5, 0.6) is 5.75 Å². The number of para-hydroxylation sites is 1. The highest BCUT2D eigenvalue weighted by Gasteiger charge is 2.23. The molecule has 0 fully saturated rings. The molecule has 4 rings (SSSR count). The Balaban J connectivity index is 1.54. The van der Waals surface area contributed by atoms with Crippen molar-refractivity contribution < 1.29 is 4.74 Å². The van der Waals surface area contributed by atoms with Crippen molar-refractivity contribution in [2.24, 2.45) is 4.99 Å². The molecule has 2 aliphatic rings. The minimum absolute atomic E-state index is 0.0222. The lowest BCUT2D eigenvalue weighted by atomic mass is 10.0. The number of benzene rings is 1. The van der Waals surface area contributed by atoms with Crippen LogP contribution in [-0.4, -0.2) is 40.3 Å². The molecular formula is C21H26N4O2. The molecule has 0 saturated heterocycles. The van der Waals surface area contributed by atoms with Gasteiger partial charge in [0.15, 0.2) is 5.82 Å². The monoisotopic (exact) mass is 366 g/mol. The summed E-state index contributed by atoms with van der Waals surface area (Å²) in [4.78, 5) is 27.2. The van der Waals surface area contributed by atoms with Gasteiger partial charge in [-0.25, -0.2) is 4.98 Å². The Morgan fingerprint density at radius 2 is 2.11 bits per heavy atom. The summed E-state index contributed by atoms with van der Waals surface area (Å²) >= 11 is 0. The van der Waals surface area contributed by atoms with Crippen LogP contribution in [0.1, 0.15) is 48.8 Å². The second-order valence-electron chi connectivity index (χ2n) is 7.13. The third-order valence-corrected chi connectivity index (χ3v) is 5.21. The topological polar surface area (TPSA) is 70.6 Å². The molecule has 142 valence electrons. The Kier molecular flexibility index (Phi) is 5.34. The van der Waals surface area contributed by atoms with Gasteiger partial charge >= 0.3 is 0 Å². The van der Waals surface area contributed by atoms with Crippen LogP contribution in [0.3, 0.4) is 0 Å². The van der Waals surface area contributed by atoms with E-state index in [1.54, 1.807) is 0 Å². The molecule has 1 aromatic carbocycles. The van der Waals surface area contributed by atoms with E-state index >= 15 is 0 Å². The Bertz CT molecular complexity index is 903. The smallest absolute Gasteiger partial charge is 0.255 e. The van der Waals surface area contributed by atoms with Gasteiger partial charge in [-0.15, -0.1) is 0 Å². The van der Waals surface area contributed by atoms with E-state index in [2.05, 4.69) is 20.9 Å². The first kappa shape index (κ1) is 17.9.